The lowest BCUT2D eigenvalue weighted by molar-refractivity contribution is 0.250. The zero-order valence-corrected chi connectivity index (χ0v) is 17.6. The Labute approximate surface area is 161 Å². The highest BCUT2D eigenvalue weighted by atomic mass is 32.1. The van der Waals surface area contributed by atoms with E-state index < -0.39 is 0 Å². The van der Waals surface area contributed by atoms with E-state index in [1.54, 1.807) is 18.4 Å². The van der Waals surface area contributed by atoms with E-state index in [0.29, 0.717) is 6.61 Å². The van der Waals surface area contributed by atoms with Crippen LogP contribution in [0.4, 0.5) is 0 Å². The second kappa shape index (κ2) is 9.35. The summed E-state index contributed by atoms with van der Waals surface area (Å²) in [4.78, 5) is 6.81. The van der Waals surface area contributed by atoms with E-state index in [0.717, 1.165) is 42.4 Å². The topological polar surface area (TPSA) is 46.6 Å². The van der Waals surface area contributed by atoms with Crippen LogP contribution in [0.15, 0.2) is 23.6 Å². The summed E-state index contributed by atoms with van der Waals surface area (Å²) in [5, 5.41) is 6.76. The molecule has 5 nitrogen and oxygen atoms in total. The fraction of sp³-hybridized carbons (Fsp3) is 0.550. The highest BCUT2D eigenvalue weighted by Crippen LogP contribution is 2.28. The monoisotopic (exact) mass is 377 g/mol. The number of ether oxygens (including phenoxy) is 2. The van der Waals surface area contributed by atoms with Gasteiger partial charge in [0.25, 0.3) is 0 Å². The Morgan fingerprint density at radius 2 is 1.92 bits per heavy atom. The van der Waals surface area contributed by atoms with Crippen LogP contribution in [0.1, 0.15) is 37.0 Å². The minimum absolute atomic E-state index is 0.110. The average molecular weight is 378 g/mol. The lowest BCUT2D eigenvalue weighted by atomic mass is 9.98. The van der Waals surface area contributed by atoms with Crippen LogP contribution in [0.2, 0.25) is 0 Å². The third kappa shape index (κ3) is 6.27. The van der Waals surface area contributed by atoms with Crippen molar-refractivity contribution in [3.63, 3.8) is 0 Å². The number of thiazole rings is 1. The SMILES string of the molecule is COc1cc(CNCc2csc(C(C)(C)C)n2)ccc1OCCN(C)C. The van der Waals surface area contributed by atoms with Crippen LogP contribution in [0.3, 0.4) is 0 Å². The molecule has 26 heavy (non-hydrogen) atoms. The first-order valence-electron chi connectivity index (χ1n) is 8.89. The molecule has 2 aromatic rings. The molecule has 144 valence electrons. The number of hydrogen-bond donors (Lipinski definition) is 1. The smallest absolute Gasteiger partial charge is 0.161 e. The van der Waals surface area contributed by atoms with Gasteiger partial charge in [0.1, 0.15) is 6.61 Å². The van der Waals surface area contributed by atoms with Gasteiger partial charge in [-0.1, -0.05) is 26.8 Å². The van der Waals surface area contributed by atoms with Crippen molar-refractivity contribution in [2.45, 2.75) is 39.3 Å². The van der Waals surface area contributed by atoms with Crippen LogP contribution in [-0.2, 0) is 18.5 Å². The van der Waals surface area contributed by atoms with E-state index in [9.17, 15) is 0 Å². The molecule has 1 N–H and O–H groups in total. The quantitative estimate of drug-likeness (QED) is 0.722. The van der Waals surface area contributed by atoms with Crippen LogP contribution in [0.5, 0.6) is 11.5 Å². The Bertz CT molecular complexity index is 693. The van der Waals surface area contributed by atoms with Crippen LogP contribution in [0, 0.1) is 0 Å². The molecule has 0 saturated heterocycles. The Kier molecular flexibility index (Phi) is 7.43. The minimum atomic E-state index is 0.110. The summed E-state index contributed by atoms with van der Waals surface area (Å²) >= 11 is 1.73. The fourth-order valence-electron chi connectivity index (χ4n) is 2.35. The summed E-state index contributed by atoms with van der Waals surface area (Å²) in [6.07, 6.45) is 0. The van der Waals surface area contributed by atoms with Crippen LogP contribution < -0.4 is 14.8 Å². The molecule has 2 rings (SSSR count). The molecular formula is C20H31N3O2S. The van der Waals surface area contributed by atoms with Gasteiger partial charge in [-0.2, -0.15) is 0 Å². The van der Waals surface area contributed by atoms with E-state index in [1.807, 2.05) is 26.2 Å². The Hall–Kier alpha value is -1.63. The summed E-state index contributed by atoms with van der Waals surface area (Å²) < 4.78 is 11.3. The molecule has 0 bridgehead atoms. The Morgan fingerprint density at radius 1 is 1.15 bits per heavy atom. The number of nitrogens with zero attached hydrogens (tertiary/aromatic N) is 2. The highest BCUT2D eigenvalue weighted by Gasteiger charge is 2.17. The van der Waals surface area contributed by atoms with Gasteiger partial charge in [-0.15, -0.1) is 11.3 Å². The van der Waals surface area contributed by atoms with Crippen molar-refractivity contribution < 1.29 is 9.47 Å². The maximum absolute atomic E-state index is 5.81. The van der Waals surface area contributed by atoms with Crippen LogP contribution in [-0.4, -0.2) is 44.2 Å². The highest BCUT2D eigenvalue weighted by molar-refractivity contribution is 7.09. The third-order valence-electron chi connectivity index (χ3n) is 3.85. The van der Waals surface area contributed by atoms with Crippen molar-refractivity contribution in [2.75, 3.05) is 34.4 Å². The first kappa shape index (κ1) is 20.7. The van der Waals surface area contributed by atoms with Gasteiger partial charge < -0.3 is 19.7 Å². The molecule has 1 aromatic heterocycles. The number of likely N-dealkylation sites (N-methyl/N-ethyl adjacent to an activating group) is 1. The van der Waals surface area contributed by atoms with E-state index >= 15 is 0 Å². The van der Waals surface area contributed by atoms with Crippen molar-refractivity contribution in [2.24, 2.45) is 0 Å². The third-order valence-corrected chi connectivity index (χ3v) is 5.17. The number of aromatic nitrogens is 1. The molecule has 0 saturated carbocycles. The number of nitrogens with one attached hydrogen (secondary N) is 1. The number of hydrogen-bond acceptors (Lipinski definition) is 6. The molecule has 0 atom stereocenters. The lowest BCUT2D eigenvalue weighted by Crippen LogP contribution is -2.19. The first-order valence-corrected chi connectivity index (χ1v) is 9.77. The van der Waals surface area contributed by atoms with Gasteiger partial charge in [-0.25, -0.2) is 4.98 Å². The van der Waals surface area contributed by atoms with Crippen molar-refractivity contribution in [3.8, 4) is 11.5 Å². The molecule has 0 unspecified atom stereocenters. The molecule has 0 spiro atoms. The van der Waals surface area contributed by atoms with E-state index in [2.05, 4.69) is 42.4 Å². The van der Waals surface area contributed by atoms with Gasteiger partial charge in [0.15, 0.2) is 11.5 Å². The molecule has 0 aliphatic rings. The molecule has 0 radical (unpaired) electrons. The predicted octanol–water partition coefficient (Wildman–Crippen LogP) is 3.68. The molecule has 0 fully saturated rings. The fourth-order valence-corrected chi connectivity index (χ4v) is 3.25. The zero-order chi connectivity index (χ0) is 19.2. The summed E-state index contributed by atoms with van der Waals surface area (Å²) in [7, 11) is 5.74. The van der Waals surface area contributed by atoms with Crippen molar-refractivity contribution in [3.05, 3.63) is 39.8 Å². The van der Waals surface area contributed by atoms with Crippen molar-refractivity contribution >= 4 is 11.3 Å². The summed E-state index contributed by atoms with van der Waals surface area (Å²) in [5.41, 5.74) is 2.36. The van der Waals surface area contributed by atoms with Gasteiger partial charge in [-0.3, -0.25) is 0 Å². The molecule has 6 heteroatoms. The van der Waals surface area contributed by atoms with Gasteiger partial charge >= 0.3 is 0 Å². The predicted molar refractivity (Wildman–Crippen MR) is 108 cm³/mol. The maximum atomic E-state index is 5.81. The van der Waals surface area contributed by atoms with Crippen molar-refractivity contribution in [1.82, 2.24) is 15.2 Å². The Morgan fingerprint density at radius 3 is 2.54 bits per heavy atom. The summed E-state index contributed by atoms with van der Waals surface area (Å²) in [6.45, 7) is 9.61. The lowest BCUT2D eigenvalue weighted by Gasteiger charge is -2.14. The second-order valence-corrected chi connectivity index (χ2v) is 8.49. The molecule has 0 amide bonds. The van der Waals surface area contributed by atoms with Gasteiger partial charge in [0.05, 0.1) is 17.8 Å². The number of rotatable bonds is 9. The molecular weight excluding hydrogens is 346 g/mol. The maximum Gasteiger partial charge on any atom is 0.161 e. The zero-order valence-electron chi connectivity index (χ0n) is 16.8. The molecule has 0 aliphatic carbocycles. The van der Waals surface area contributed by atoms with Crippen molar-refractivity contribution in [1.29, 1.82) is 0 Å². The van der Waals surface area contributed by atoms with Gasteiger partial charge in [0, 0.05) is 30.4 Å². The van der Waals surface area contributed by atoms with Crippen LogP contribution >= 0.6 is 11.3 Å². The van der Waals surface area contributed by atoms with Gasteiger partial charge in [0.2, 0.25) is 0 Å². The summed E-state index contributed by atoms with van der Waals surface area (Å²) in [5.74, 6) is 1.55. The normalized spacial score (nSPS) is 11.8. The minimum Gasteiger partial charge on any atom is -0.493 e. The molecule has 0 aliphatic heterocycles. The molecule has 1 heterocycles. The summed E-state index contributed by atoms with van der Waals surface area (Å²) in [6, 6.07) is 6.08. The standard InChI is InChI=1S/C20H31N3O2S/c1-20(2,3)19-22-16(14-26-19)13-21-12-15-7-8-17(18(11-15)24-6)25-10-9-23(4)5/h7-8,11,14,21H,9-10,12-13H2,1-6H3. The van der Waals surface area contributed by atoms with E-state index in [4.69, 9.17) is 14.5 Å². The first-order chi connectivity index (χ1) is 12.3. The van der Waals surface area contributed by atoms with Gasteiger partial charge in [-0.05, 0) is 31.8 Å². The Balaban J connectivity index is 1.88. The largest absolute Gasteiger partial charge is 0.493 e. The number of methoxy groups -OCH3 is 1. The van der Waals surface area contributed by atoms with Crippen LogP contribution in [0.25, 0.3) is 0 Å². The van der Waals surface area contributed by atoms with E-state index in [1.165, 1.54) is 5.01 Å². The number of benzene rings is 1. The average Bonchev–Trinajstić information content (AvgIpc) is 3.04. The van der Waals surface area contributed by atoms with E-state index in [-0.39, 0.29) is 5.41 Å². The molecule has 1 aromatic carbocycles. The second-order valence-electron chi connectivity index (χ2n) is 7.63.